The van der Waals surface area contributed by atoms with Crippen molar-refractivity contribution in [1.29, 1.82) is 0 Å². The maximum atomic E-state index is 12.0. The summed E-state index contributed by atoms with van der Waals surface area (Å²) < 4.78 is 57.5. The molecule has 8 nitrogen and oxygen atoms in total. The summed E-state index contributed by atoms with van der Waals surface area (Å²) in [5.41, 5.74) is 1.72. The van der Waals surface area contributed by atoms with Crippen LogP contribution in [0.15, 0.2) is 5.51 Å². The fourth-order valence-corrected chi connectivity index (χ4v) is 5.01. The summed E-state index contributed by atoms with van der Waals surface area (Å²) in [6.07, 6.45) is -3.30. The number of hydrogen-bond acceptors (Lipinski definition) is 7. The van der Waals surface area contributed by atoms with Gasteiger partial charge in [0, 0.05) is 25.2 Å². The highest BCUT2D eigenvalue weighted by Crippen LogP contribution is 2.36. The van der Waals surface area contributed by atoms with Crippen molar-refractivity contribution in [2.24, 2.45) is 0 Å². The number of nitrogens with zero attached hydrogens (tertiary/aromatic N) is 4. The van der Waals surface area contributed by atoms with Gasteiger partial charge in [-0.15, -0.1) is 10.2 Å². The first-order chi connectivity index (χ1) is 11.6. The SMILES string of the molecule is CCS(=O)(=O)N1CC[C@H]2[C@H]1CCN2c1nncs1.O=C(O)C(F)(F)F. The van der Waals surface area contributed by atoms with Crippen LogP contribution in [-0.4, -0.2) is 71.1 Å². The Bertz CT molecular complexity index is 696. The Hall–Kier alpha value is -1.47. The Balaban J connectivity index is 0.000000277. The smallest absolute Gasteiger partial charge is 0.475 e. The predicted octanol–water partition coefficient (Wildman–Crippen LogP) is 1.17. The van der Waals surface area contributed by atoms with Gasteiger partial charge in [-0.05, 0) is 19.8 Å². The molecule has 3 rings (SSSR count). The van der Waals surface area contributed by atoms with Crippen LogP contribution < -0.4 is 4.90 Å². The average molecular weight is 402 g/mol. The number of carboxylic acids is 1. The fraction of sp³-hybridized carbons (Fsp3) is 0.750. The van der Waals surface area contributed by atoms with Gasteiger partial charge in [0.15, 0.2) is 0 Å². The Labute approximate surface area is 146 Å². The number of sulfonamides is 1. The highest BCUT2D eigenvalue weighted by atomic mass is 32.2. The van der Waals surface area contributed by atoms with Gasteiger partial charge in [0.1, 0.15) is 5.51 Å². The molecule has 142 valence electrons. The van der Waals surface area contributed by atoms with Gasteiger partial charge >= 0.3 is 12.1 Å². The first-order valence-corrected chi connectivity index (χ1v) is 9.89. The quantitative estimate of drug-likeness (QED) is 0.809. The average Bonchev–Trinajstić information content (AvgIpc) is 3.23. The first-order valence-electron chi connectivity index (χ1n) is 7.40. The molecule has 0 amide bonds. The van der Waals surface area contributed by atoms with E-state index < -0.39 is 22.2 Å². The van der Waals surface area contributed by atoms with Gasteiger partial charge < -0.3 is 10.0 Å². The van der Waals surface area contributed by atoms with Crippen LogP contribution in [0.2, 0.25) is 0 Å². The van der Waals surface area contributed by atoms with E-state index in [0.29, 0.717) is 6.54 Å². The minimum Gasteiger partial charge on any atom is -0.475 e. The first kappa shape index (κ1) is 19.8. The summed E-state index contributed by atoms with van der Waals surface area (Å²) in [5.74, 6) is -2.57. The van der Waals surface area contributed by atoms with Gasteiger partial charge in [-0.2, -0.15) is 17.5 Å². The van der Waals surface area contributed by atoms with Gasteiger partial charge in [0.25, 0.3) is 0 Å². The van der Waals surface area contributed by atoms with Crippen LogP contribution in [-0.2, 0) is 14.8 Å². The number of carboxylic acid groups (broad SMARTS) is 1. The van der Waals surface area contributed by atoms with E-state index in [1.807, 2.05) is 0 Å². The summed E-state index contributed by atoms with van der Waals surface area (Å²) in [7, 11) is -3.07. The van der Waals surface area contributed by atoms with Crippen molar-refractivity contribution in [2.45, 2.75) is 38.0 Å². The van der Waals surface area contributed by atoms with Crippen molar-refractivity contribution in [2.75, 3.05) is 23.7 Å². The molecule has 13 heteroatoms. The van der Waals surface area contributed by atoms with Gasteiger partial charge in [-0.1, -0.05) is 11.3 Å². The monoisotopic (exact) mass is 402 g/mol. The van der Waals surface area contributed by atoms with E-state index >= 15 is 0 Å². The molecule has 0 spiro atoms. The molecule has 1 aromatic rings. The third kappa shape index (κ3) is 4.39. The van der Waals surface area contributed by atoms with Crippen LogP contribution in [0, 0.1) is 0 Å². The summed E-state index contributed by atoms with van der Waals surface area (Å²) in [6.45, 7) is 3.22. The van der Waals surface area contributed by atoms with E-state index in [0.717, 1.165) is 24.5 Å². The Morgan fingerprint density at radius 2 is 1.96 bits per heavy atom. The van der Waals surface area contributed by atoms with Crippen LogP contribution in [0.3, 0.4) is 0 Å². The van der Waals surface area contributed by atoms with Gasteiger partial charge in [-0.3, -0.25) is 0 Å². The molecule has 0 unspecified atom stereocenters. The highest BCUT2D eigenvalue weighted by molar-refractivity contribution is 7.89. The van der Waals surface area contributed by atoms with Crippen molar-refractivity contribution < 1.29 is 31.5 Å². The topological polar surface area (TPSA) is 104 Å². The second kappa shape index (κ2) is 7.41. The summed E-state index contributed by atoms with van der Waals surface area (Å²) in [5, 5.41) is 16.0. The number of aromatic nitrogens is 2. The molecule has 0 aliphatic carbocycles. The number of carbonyl (C=O) groups is 1. The number of alkyl halides is 3. The third-order valence-electron chi connectivity index (χ3n) is 4.08. The molecule has 2 atom stereocenters. The molecule has 2 fully saturated rings. The molecule has 2 aliphatic rings. The summed E-state index contributed by atoms with van der Waals surface area (Å²) >= 11 is 1.52. The molecule has 0 saturated carbocycles. The fourth-order valence-electron chi connectivity index (χ4n) is 2.99. The zero-order valence-corrected chi connectivity index (χ0v) is 14.8. The molecule has 0 radical (unpaired) electrons. The lowest BCUT2D eigenvalue weighted by molar-refractivity contribution is -0.192. The Morgan fingerprint density at radius 3 is 2.44 bits per heavy atom. The number of halogens is 3. The van der Waals surface area contributed by atoms with Crippen molar-refractivity contribution in [3.05, 3.63) is 5.51 Å². The van der Waals surface area contributed by atoms with Crippen molar-refractivity contribution in [3.8, 4) is 0 Å². The molecule has 25 heavy (non-hydrogen) atoms. The van der Waals surface area contributed by atoms with Crippen molar-refractivity contribution in [3.63, 3.8) is 0 Å². The van der Waals surface area contributed by atoms with E-state index in [4.69, 9.17) is 9.90 Å². The maximum Gasteiger partial charge on any atom is 0.490 e. The molecule has 0 aromatic carbocycles. The predicted molar refractivity (Wildman–Crippen MR) is 83.9 cm³/mol. The third-order valence-corrected chi connectivity index (χ3v) is 6.71. The van der Waals surface area contributed by atoms with Crippen LogP contribution in [0.25, 0.3) is 0 Å². The molecule has 2 saturated heterocycles. The van der Waals surface area contributed by atoms with E-state index in [1.165, 1.54) is 11.3 Å². The van der Waals surface area contributed by atoms with E-state index in [1.54, 1.807) is 16.7 Å². The van der Waals surface area contributed by atoms with Crippen LogP contribution in [0.5, 0.6) is 0 Å². The van der Waals surface area contributed by atoms with Crippen molar-refractivity contribution in [1.82, 2.24) is 14.5 Å². The number of rotatable bonds is 3. The molecular weight excluding hydrogens is 385 g/mol. The maximum absolute atomic E-state index is 12.0. The number of anilines is 1. The highest BCUT2D eigenvalue weighted by Gasteiger charge is 2.47. The largest absolute Gasteiger partial charge is 0.490 e. The molecule has 3 heterocycles. The van der Waals surface area contributed by atoms with Gasteiger partial charge in [0.05, 0.1) is 5.75 Å². The lowest BCUT2D eigenvalue weighted by Gasteiger charge is -2.24. The van der Waals surface area contributed by atoms with E-state index in [2.05, 4.69) is 15.1 Å². The Kier molecular flexibility index (Phi) is 5.89. The minimum absolute atomic E-state index is 0.124. The summed E-state index contributed by atoms with van der Waals surface area (Å²) in [4.78, 5) is 11.1. The van der Waals surface area contributed by atoms with E-state index in [-0.39, 0.29) is 17.8 Å². The van der Waals surface area contributed by atoms with Crippen LogP contribution in [0.1, 0.15) is 19.8 Å². The van der Waals surface area contributed by atoms with Gasteiger partial charge in [-0.25, -0.2) is 13.2 Å². The zero-order valence-electron chi connectivity index (χ0n) is 13.2. The lowest BCUT2D eigenvalue weighted by Crippen LogP contribution is -2.40. The lowest BCUT2D eigenvalue weighted by atomic mass is 10.1. The summed E-state index contributed by atoms with van der Waals surface area (Å²) in [6, 6.07) is 0.401. The number of hydrogen-bond donors (Lipinski definition) is 1. The van der Waals surface area contributed by atoms with Crippen molar-refractivity contribution >= 4 is 32.5 Å². The minimum atomic E-state index is -5.08. The molecular formula is C12H17F3N4O4S2. The normalized spacial score (nSPS) is 23.9. The molecule has 0 bridgehead atoms. The Morgan fingerprint density at radius 1 is 1.36 bits per heavy atom. The zero-order chi connectivity index (χ0) is 18.8. The number of aliphatic carboxylic acids is 1. The van der Waals surface area contributed by atoms with E-state index in [9.17, 15) is 21.6 Å². The molecule has 1 N–H and O–H groups in total. The molecule has 2 aliphatic heterocycles. The van der Waals surface area contributed by atoms with Gasteiger partial charge in [0.2, 0.25) is 15.2 Å². The second-order valence-electron chi connectivity index (χ2n) is 5.44. The number of fused-ring (bicyclic) bond motifs is 1. The molecule has 1 aromatic heterocycles. The standard InChI is InChI=1S/C10H16N4O2S2.C2HF3O2/c1-2-18(15,16)14-6-4-8-9(14)3-5-13(8)10-12-11-7-17-10;3-2(4,5)1(6)7/h7-9H,2-6H2,1H3;(H,6,7)/t8-,9+;/m0./s1. The van der Waals surface area contributed by atoms with Crippen LogP contribution >= 0.6 is 11.3 Å². The van der Waals surface area contributed by atoms with Crippen LogP contribution in [0.4, 0.5) is 18.3 Å². The second-order valence-corrected chi connectivity index (χ2v) is 8.46.